The summed E-state index contributed by atoms with van der Waals surface area (Å²) < 4.78 is 14.9. The van der Waals surface area contributed by atoms with Crippen molar-refractivity contribution in [3.05, 3.63) is 40.8 Å². The number of hydrogen-bond donors (Lipinski definition) is 2. The third-order valence-electron chi connectivity index (χ3n) is 2.23. The largest absolute Gasteiger partial charge is 0.324 e. The molecule has 0 aliphatic heterocycles. The Morgan fingerprint density at radius 3 is 2.56 bits per heavy atom. The monoisotopic (exact) mass is 312 g/mol. The van der Waals surface area contributed by atoms with Crippen molar-refractivity contribution in [3.8, 4) is 0 Å². The summed E-state index contributed by atoms with van der Waals surface area (Å²) in [5.41, 5.74) is 0.507. The van der Waals surface area contributed by atoms with E-state index in [2.05, 4.69) is 31.7 Å². The van der Waals surface area contributed by atoms with Crippen LogP contribution in [0.5, 0.6) is 0 Å². The number of carbonyl (C=O) groups is 1. The second-order valence-electron chi connectivity index (χ2n) is 3.55. The number of urea groups is 1. The molecule has 0 unspecified atom stereocenters. The zero-order chi connectivity index (χ0) is 13.1. The van der Waals surface area contributed by atoms with Gasteiger partial charge in [-0.15, -0.1) is 0 Å². The van der Waals surface area contributed by atoms with Gasteiger partial charge in [0, 0.05) is 12.7 Å². The smallest absolute Gasteiger partial charge is 0.308 e. The Bertz CT molecular complexity index is 547. The number of aryl methyl sites for hydroxylation is 1. The number of halogens is 2. The van der Waals surface area contributed by atoms with Gasteiger partial charge in [0.05, 0.1) is 10.7 Å². The van der Waals surface area contributed by atoms with Crippen LogP contribution in [0.4, 0.5) is 20.7 Å². The third-order valence-corrected chi connectivity index (χ3v) is 2.81. The van der Waals surface area contributed by atoms with Crippen LogP contribution < -0.4 is 10.6 Å². The number of hydrogen-bond acceptors (Lipinski definition) is 2. The van der Waals surface area contributed by atoms with Crippen LogP contribution in [0, 0.1) is 5.82 Å². The number of carbonyl (C=O) groups excluding carboxylic acids is 1. The van der Waals surface area contributed by atoms with Gasteiger partial charge in [-0.2, -0.15) is 5.10 Å². The van der Waals surface area contributed by atoms with Crippen LogP contribution in [0.3, 0.4) is 0 Å². The van der Waals surface area contributed by atoms with Gasteiger partial charge in [-0.25, -0.2) is 9.18 Å². The summed E-state index contributed by atoms with van der Waals surface area (Å²) in [6, 6.07) is 5.08. The Kier molecular flexibility index (Phi) is 3.61. The lowest BCUT2D eigenvalue weighted by atomic mass is 10.3. The van der Waals surface area contributed by atoms with Crippen LogP contribution in [0.25, 0.3) is 0 Å². The topological polar surface area (TPSA) is 59.0 Å². The van der Waals surface area contributed by atoms with Crippen molar-refractivity contribution in [1.29, 1.82) is 0 Å². The Balaban J connectivity index is 2.03. The Morgan fingerprint density at radius 2 is 2.00 bits per heavy atom. The predicted molar refractivity (Wildman–Crippen MR) is 69.9 cm³/mol. The van der Waals surface area contributed by atoms with E-state index in [-0.39, 0.29) is 5.82 Å². The van der Waals surface area contributed by atoms with E-state index in [0.717, 1.165) is 0 Å². The summed E-state index contributed by atoms with van der Waals surface area (Å²) in [7, 11) is 1.71. The number of nitrogens with one attached hydrogen (secondary N) is 2. The summed E-state index contributed by atoms with van der Waals surface area (Å²) in [6.45, 7) is 0. The standard InChI is InChI=1S/C11H10BrFN4O/c1-17-10(9(12)6-14-17)16-11(18)15-8-4-2-7(13)3-5-8/h2-6H,1H3,(H2,15,16,18). The Labute approximate surface area is 111 Å². The third kappa shape index (κ3) is 2.86. The van der Waals surface area contributed by atoms with Crippen molar-refractivity contribution in [2.75, 3.05) is 10.6 Å². The number of rotatable bonds is 2. The first-order chi connectivity index (χ1) is 8.56. The predicted octanol–water partition coefficient (Wildman–Crippen LogP) is 2.97. The van der Waals surface area contributed by atoms with Crippen LogP contribution in [-0.4, -0.2) is 15.8 Å². The zero-order valence-corrected chi connectivity index (χ0v) is 11.0. The normalized spacial score (nSPS) is 10.2. The van der Waals surface area contributed by atoms with Gasteiger partial charge in [0.25, 0.3) is 0 Å². The van der Waals surface area contributed by atoms with E-state index in [0.29, 0.717) is 16.0 Å². The van der Waals surface area contributed by atoms with Gasteiger partial charge in [0.1, 0.15) is 11.6 Å². The molecule has 2 N–H and O–H groups in total. The van der Waals surface area contributed by atoms with Crippen molar-refractivity contribution >= 4 is 33.5 Å². The molecule has 0 saturated heterocycles. The molecule has 0 aliphatic carbocycles. The van der Waals surface area contributed by atoms with E-state index < -0.39 is 6.03 Å². The minimum atomic E-state index is -0.425. The van der Waals surface area contributed by atoms with Crippen molar-refractivity contribution in [2.45, 2.75) is 0 Å². The van der Waals surface area contributed by atoms with E-state index >= 15 is 0 Å². The van der Waals surface area contributed by atoms with Gasteiger partial charge in [-0.05, 0) is 40.2 Å². The first kappa shape index (κ1) is 12.6. The van der Waals surface area contributed by atoms with Gasteiger partial charge in [0.2, 0.25) is 0 Å². The summed E-state index contributed by atoms with van der Waals surface area (Å²) >= 11 is 3.27. The average molecular weight is 313 g/mol. The van der Waals surface area contributed by atoms with Gasteiger partial charge >= 0.3 is 6.03 Å². The van der Waals surface area contributed by atoms with Crippen LogP contribution >= 0.6 is 15.9 Å². The molecule has 0 spiro atoms. The number of nitrogens with zero attached hydrogens (tertiary/aromatic N) is 2. The lowest BCUT2D eigenvalue weighted by Gasteiger charge is -2.08. The number of anilines is 2. The van der Waals surface area contributed by atoms with Crippen molar-refractivity contribution < 1.29 is 9.18 Å². The highest BCUT2D eigenvalue weighted by molar-refractivity contribution is 9.10. The molecule has 18 heavy (non-hydrogen) atoms. The second kappa shape index (κ2) is 5.18. The minimum Gasteiger partial charge on any atom is -0.308 e. The molecular weight excluding hydrogens is 303 g/mol. The maximum Gasteiger partial charge on any atom is 0.324 e. The van der Waals surface area contributed by atoms with E-state index in [1.165, 1.54) is 28.9 Å². The molecule has 0 saturated carbocycles. The van der Waals surface area contributed by atoms with Crippen molar-refractivity contribution in [2.24, 2.45) is 7.05 Å². The van der Waals surface area contributed by atoms with E-state index in [4.69, 9.17) is 0 Å². The maximum absolute atomic E-state index is 12.7. The highest BCUT2D eigenvalue weighted by Gasteiger charge is 2.09. The first-order valence-electron chi connectivity index (χ1n) is 5.07. The fourth-order valence-corrected chi connectivity index (χ4v) is 1.80. The fourth-order valence-electron chi connectivity index (χ4n) is 1.35. The summed E-state index contributed by atoms with van der Waals surface area (Å²) in [4.78, 5) is 11.7. The van der Waals surface area contributed by atoms with E-state index in [9.17, 15) is 9.18 Å². The highest BCUT2D eigenvalue weighted by Crippen LogP contribution is 2.20. The summed E-state index contributed by atoms with van der Waals surface area (Å²) in [5.74, 6) is 0.185. The molecule has 0 atom stereocenters. The Hall–Kier alpha value is -1.89. The molecule has 0 radical (unpaired) electrons. The second-order valence-corrected chi connectivity index (χ2v) is 4.41. The molecule has 0 aliphatic rings. The zero-order valence-electron chi connectivity index (χ0n) is 9.45. The molecule has 94 valence electrons. The number of amides is 2. The van der Waals surface area contributed by atoms with Crippen LogP contribution in [0.1, 0.15) is 0 Å². The molecule has 1 aromatic heterocycles. The van der Waals surface area contributed by atoms with Crippen LogP contribution in [-0.2, 0) is 7.05 Å². The molecule has 1 heterocycles. The number of aromatic nitrogens is 2. The van der Waals surface area contributed by atoms with Gasteiger partial charge in [0.15, 0.2) is 0 Å². The first-order valence-corrected chi connectivity index (χ1v) is 5.86. The van der Waals surface area contributed by atoms with Crippen LogP contribution in [0.2, 0.25) is 0 Å². The molecule has 5 nitrogen and oxygen atoms in total. The lowest BCUT2D eigenvalue weighted by Crippen LogP contribution is -2.21. The quantitative estimate of drug-likeness (QED) is 0.895. The van der Waals surface area contributed by atoms with E-state index in [1.807, 2.05) is 0 Å². The molecule has 2 aromatic rings. The highest BCUT2D eigenvalue weighted by atomic mass is 79.9. The minimum absolute atomic E-state index is 0.352. The van der Waals surface area contributed by atoms with Crippen molar-refractivity contribution in [3.63, 3.8) is 0 Å². The van der Waals surface area contributed by atoms with Crippen molar-refractivity contribution in [1.82, 2.24) is 9.78 Å². The fraction of sp³-hybridized carbons (Fsp3) is 0.0909. The van der Waals surface area contributed by atoms with Gasteiger partial charge in [-0.3, -0.25) is 10.00 Å². The van der Waals surface area contributed by atoms with Gasteiger partial charge < -0.3 is 5.32 Å². The molecule has 2 rings (SSSR count). The molecule has 0 bridgehead atoms. The average Bonchev–Trinajstić information content (AvgIpc) is 2.64. The van der Waals surface area contributed by atoms with Crippen LogP contribution in [0.15, 0.2) is 34.9 Å². The molecule has 2 amide bonds. The lowest BCUT2D eigenvalue weighted by molar-refractivity contribution is 0.262. The van der Waals surface area contributed by atoms with Gasteiger partial charge in [-0.1, -0.05) is 0 Å². The molecule has 1 aromatic carbocycles. The molecule has 0 fully saturated rings. The maximum atomic E-state index is 12.7. The SMILES string of the molecule is Cn1ncc(Br)c1NC(=O)Nc1ccc(F)cc1. The number of benzene rings is 1. The summed E-state index contributed by atoms with van der Waals surface area (Å²) in [6.07, 6.45) is 1.58. The van der Waals surface area contributed by atoms with E-state index in [1.54, 1.807) is 13.2 Å². The Morgan fingerprint density at radius 1 is 1.33 bits per heavy atom. The summed E-state index contributed by atoms with van der Waals surface area (Å²) in [5, 5.41) is 9.18. The molecule has 7 heteroatoms. The molecular formula is C11H10BrFN4O.